The van der Waals surface area contributed by atoms with Crippen LogP contribution in [0.25, 0.3) is 21.8 Å². The molecule has 0 spiro atoms. The third kappa shape index (κ3) is 1.69. The molecule has 0 aliphatic rings. The SMILES string of the molecule is CCC(C)n1ccc2c3[nH]c(=O)nc(N)c3ccc21. The second-order valence-electron chi connectivity index (χ2n) is 4.83. The van der Waals surface area contributed by atoms with E-state index in [1.165, 1.54) is 0 Å². The number of nitrogens with two attached hydrogens (primary N) is 1. The van der Waals surface area contributed by atoms with E-state index in [-0.39, 0.29) is 5.82 Å². The Hall–Kier alpha value is -2.30. The van der Waals surface area contributed by atoms with Crippen molar-refractivity contribution in [3.8, 4) is 0 Å². The molecular formula is C14H16N4O. The van der Waals surface area contributed by atoms with E-state index in [0.717, 1.165) is 28.2 Å². The molecule has 1 atom stereocenters. The van der Waals surface area contributed by atoms with Crippen LogP contribution in [0.4, 0.5) is 5.82 Å². The third-order valence-electron chi connectivity index (χ3n) is 3.70. The van der Waals surface area contributed by atoms with Crippen molar-refractivity contribution in [2.75, 3.05) is 5.73 Å². The van der Waals surface area contributed by atoms with E-state index in [9.17, 15) is 4.79 Å². The van der Waals surface area contributed by atoms with Gasteiger partial charge in [-0.15, -0.1) is 0 Å². The van der Waals surface area contributed by atoms with Crippen LogP contribution in [0.5, 0.6) is 0 Å². The number of nitrogen functional groups attached to an aromatic ring is 1. The second kappa shape index (κ2) is 4.12. The van der Waals surface area contributed by atoms with E-state index in [1.54, 1.807) is 0 Å². The molecule has 2 heterocycles. The normalized spacial score (nSPS) is 13.2. The number of aromatic nitrogens is 3. The van der Waals surface area contributed by atoms with Crippen molar-refractivity contribution >= 4 is 27.6 Å². The van der Waals surface area contributed by atoms with Gasteiger partial charge in [-0.25, -0.2) is 4.79 Å². The van der Waals surface area contributed by atoms with Crippen molar-refractivity contribution in [3.63, 3.8) is 0 Å². The van der Waals surface area contributed by atoms with Gasteiger partial charge in [-0.05, 0) is 31.5 Å². The van der Waals surface area contributed by atoms with Gasteiger partial charge < -0.3 is 15.3 Å². The summed E-state index contributed by atoms with van der Waals surface area (Å²) in [6.45, 7) is 4.33. The zero-order valence-electron chi connectivity index (χ0n) is 11.0. The second-order valence-corrected chi connectivity index (χ2v) is 4.83. The van der Waals surface area contributed by atoms with E-state index in [4.69, 9.17) is 5.73 Å². The summed E-state index contributed by atoms with van der Waals surface area (Å²) < 4.78 is 2.21. The van der Waals surface area contributed by atoms with Crippen LogP contribution in [0.15, 0.2) is 29.2 Å². The van der Waals surface area contributed by atoms with Crippen molar-refractivity contribution in [2.24, 2.45) is 0 Å². The Kier molecular flexibility index (Phi) is 2.55. The molecule has 1 aromatic carbocycles. The van der Waals surface area contributed by atoms with Gasteiger partial charge in [0.2, 0.25) is 0 Å². The zero-order valence-corrected chi connectivity index (χ0v) is 11.0. The summed E-state index contributed by atoms with van der Waals surface area (Å²) in [7, 11) is 0. The molecule has 0 aliphatic heterocycles. The Morgan fingerprint density at radius 3 is 2.89 bits per heavy atom. The Bertz CT molecular complexity index is 815. The number of hydrogen-bond acceptors (Lipinski definition) is 3. The largest absolute Gasteiger partial charge is 0.383 e. The maximum Gasteiger partial charge on any atom is 0.347 e. The van der Waals surface area contributed by atoms with Gasteiger partial charge in [0, 0.05) is 23.0 Å². The minimum absolute atomic E-state index is 0.275. The summed E-state index contributed by atoms with van der Waals surface area (Å²) in [4.78, 5) is 18.0. The highest BCUT2D eigenvalue weighted by molar-refractivity contribution is 6.07. The Balaban J connectivity index is 2.42. The molecule has 0 fully saturated rings. The first kappa shape index (κ1) is 11.8. The number of benzene rings is 1. The van der Waals surface area contributed by atoms with Crippen molar-refractivity contribution in [1.82, 2.24) is 14.5 Å². The van der Waals surface area contributed by atoms with Gasteiger partial charge >= 0.3 is 5.69 Å². The Labute approximate surface area is 110 Å². The first-order chi connectivity index (χ1) is 9.11. The summed E-state index contributed by atoms with van der Waals surface area (Å²) in [5.74, 6) is 0.275. The molecule has 19 heavy (non-hydrogen) atoms. The van der Waals surface area contributed by atoms with E-state index in [2.05, 4.69) is 28.4 Å². The molecule has 2 aromatic heterocycles. The molecule has 3 aromatic rings. The molecule has 98 valence electrons. The fraction of sp³-hybridized carbons (Fsp3) is 0.286. The minimum Gasteiger partial charge on any atom is -0.383 e. The number of rotatable bonds is 2. The van der Waals surface area contributed by atoms with Crippen LogP contribution < -0.4 is 11.4 Å². The number of hydrogen-bond donors (Lipinski definition) is 2. The number of fused-ring (bicyclic) bond motifs is 3. The lowest BCUT2D eigenvalue weighted by Gasteiger charge is -2.13. The minimum atomic E-state index is -0.409. The molecule has 0 aliphatic carbocycles. The summed E-state index contributed by atoms with van der Waals surface area (Å²) >= 11 is 0. The molecule has 3 N–H and O–H groups in total. The van der Waals surface area contributed by atoms with Crippen molar-refractivity contribution in [1.29, 1.82) is 0 Å². The molecule has 3 rings (SSSR count). The van der Waals surface area contributed by atoms with Gasteiger partial charge in [0.1, 0.15) is 5.82 Å². The first-order valence-electron chi connectivity index (χ1n) is 6.41. The summed E-state index contributed by atoms with van der Waals surface area (Å²) in [6, 6.07) is 6.37. The van der Waals surface area contributed by atoms with Crippen molar-refractivity contribution < 1.29 is 0 Å². The maximum atomic E-state index is 11.5. The van der Waals surface area contributed by atoms with Gasteiger partial charge in [0.05, 0.1) is 11.0 Å². The summed E-state index contributed by atoms with van der Waals surface area (Å²) in [5.41, 5.74) is 7.26. The lowest BCUT2D eigenvalue weighted by Crippen LogP contribution is -2.12. The Morgan fingerprint density at radius 1 is 1.37 bits per heavy atom. The van der Waals surface area contributed by atoms with Crippen LogP contribution in [-0.2, 0) is 0 Å². The van der Waals surface area contributed by atoms with Crippen LogP contribution >= 0.6 is 0 Å². The smallest absolute Gasteiger partial charge is 0.347 e. The monoisotopic (exact) mass is 256 g/mol. The quantitative estimate of drug-likeness (QED) is 0.739. The number of H-pyrrole nitrogens is 1. The molecule has 0 saturated heterocycles. The highest BCUT2D eigenvalue weighted by atomic mass is 16.1. The van der Waals surface area contributed by atoms with E-state index in [1.807, 2.05) is 24.4 Å². The maximum absolute atomic E-state index is 11.5. The molecule has 0 amide bonds. The average molecular weight is 256 g/mol. The highest BCUT2D eigenvalue weighted by Crippen LogP contribution is 2.28. The molecular weight excluding hydrogens is 240 g/mol. The zero-order chi connectivity index (χ0) is 13.6. The standard InChI is InChI=1S/C14H16N4O/c1-3-8(2)18-7-6-9-11(18)5-4-10-12(9)16-14(19)17-13(10)15/h4-8H,3H2,1-2H3,(H3,15,16,17,19). The van der Waals surface area contributed by atoms with Crippen LogP contribution in [-0.4, -0.2) is 14.5 Å². The van der Waals surface area contributed by atoms with E-state index in [0.29, 0.717) is 6.04 Å². The lowest BCUT2D eigenvalue weighted by molar-refractivity contribution is 0.548. The van der Waals surface area contributed by atoms with Gasteiger partial charge in [-0.2, -0.15) is 4.98 Å². The van der Waals surface area contributed by atoms with Gasteiger partial charge in [0.25, 0.3) is 0 Å². The molecule has 5 nitrogen and oxygen atoms in total. The number of aromatic amines is 1. The fourth-order valence-corrected chi connectivity index (χ4v) is 2.47. The molecule has 0 saturated carbocycles. The Morgan fingerprint density at radius 2 is 2.16 bits per heavy atom. The fourth-order valence-electron chi connectivity index (χ4n) is 2.47. The van der Waals surface area contributed by atoms with Crippen LogP contribution in [0, 0.1) is 0 Å². The molecule has 5 heteroatoms. The topological polar surface area (TPSA) is 76.7 Å². The van der Waals surface area contributed by atoms with Crippen LogP contribution in [0.3, 0.4) is 0 Å². The number of nitrogens with zero attached hydrogens (tertiary/aromatic N) is 2. The lowest BCUT2D eigenvalue weighted by atomic mass is 10.1. The van der Waals surface area contributed by atoms with Crippen molar-refractivity contribution in [3.05, 3.63) is 34.9 Å². The van der Waals surface area contributed by atoms with Gasteiger partial charge in [-0.3, -0.25) is 0 Å². The van der Waals surface area contributed by atoms with Gasteiger partial charge in [0.15, 0.2) is 0 Å². The summed E-state index contributed by atoms with van der Waals surface area (Å²) in [6.07, 6.45) is 3.10. The summed E-state index contributed by atoms with van der Waals surface area (Å²) in [5, 5.41) is 1.79. The van der Waals surface area contributed by atoms with Crippen molar-refractivity contribution in [2.45, 2.75) is 26.3 Å². The van der Waals surface area contributed by atoms with Crippen LogP contribution in [0.1, 0.15) is 26.3 Å². The van der Waals surface area contributed by atoms with E-state index >= 15 is 0 Å². The number of nitrogens with one attached hydrogen (secondary N) is 1. The van der Waals surface area contributed by atoms with Crippen LogP contribution in [0.2, 0.25) is 0 Å². The predicted molar refractivity (Wildman–Crippen MR) is 77.3 cm³/mol. The van der Waals surface area contributed by atoms with Gasteiger partial charge in [-0.1, -0.05) is 6.92 Å². The van der Waals surface area contributed by atoms with E-state index < -0.39 is 5.69 Å². The highest BCUT2D eigenvalue weighted by Gasteiger charge is 2.11. The molecule has 1 unspecified atom stereocenters. The average Bonchev–Trinajstić information content (AvgIpc) is 2.81. The predicted octanol–water partition coefficient (Wildman–Crippen LogP) is 2.43. The molecule has 0 radical (unpaired) electrons. The number of anilines is 1. The third-order valence-corrected chi connectivity index (χ3v) is 3.70. The first-order valence-corrected chi connectivity index (χ1v) is 6.41. The molecule has 0 bridgehead atoms.